The van der Waals surface area contributed by atoms with Gasteiger partial charge in [0.15, 0.2) is 6.10 Å². The van der Waals surface area contributed by atoms with Gasteiger partial charge in [-0.05, 0) is 26.0 Å². The molecule has 0 amide bonds. The van der Waals surface area contributed by atoms with Crippen molar-refractivity contribution in [1.29, 1.82) is 0 Å². The first-order valence-electron chi connectivity index (χ1n) is 8.45. The van der Waals surface area contributed by atoms with Crippen molar-refractivity contribution >= 4 is 5.84 Å². The number of aliphatic imine (C=N–C) groups is 1. The third-order valence-electron chi connectivity index (χ3n) is 3.93. The lowest BCUT2D eigenvalue weighted by Gasteiger charge is -2.19. The van der Waals surface area contributed by atoms with Crippen LogP contribution in [0.3, 0.4) is 0 Å². The minimum Gasteiger partial charge on any atom is -0.482 e. The van der Waals surface area contributed by atoms with E-state index in [9.17, 15) is 0 Å². The molecule has 4 nitrogen and oxygen atoms in total. The Morgan fingerprint density at radius 3 is 2.48 bits per heavy atom. The zero-order valence-electron chi connectivity index (χ0n) is 14.6. The quantitative estimate of drug-likeness (QED) is 0.817. The zero-order chi connectivity index (χ0) is 17.5. The molecule has 1 unspecified atom stereocenters. The second kappa shape index (κ2) is 8.25. The van der Waals surface area contributed by atoms with E-state index in [4.69, 9.17) is 9.47 Å². The molecule has 1 N–H and O–H groups in total. The van der Waals surface area contributed by atoms with E-state index in [1.165, 1.54) is 0 Å². The van der Waals surface area contributed by atoms with Crippen LogP contribution in [0.25, 0.3) is 11.1 Å². The summed E-state index contributed by atoms with van der Waals surface area (Å²) >= 11 is 0. The molecular weight excluding hydrogens is 312 g/mol. The van der Waals surface area contributed by atoms with Crippen molar-refractivity contribution in [3.05, 3.63) is 48.5 Å². The van der Waals surface area contributed by atoms with Crippen LogP contribution in [0.1, 0.15) is 15.3 Å². The Morgan fingerprint density at radius 2 is 1.80 bits per heavy atom. The Balaban J connectivity index is 0.00000243. The van der Waals surface area contributed by atoms with E-state index < -0.39 is 0 Å². The lowest BCUT2D eigenvalue weighted by molar-refractivity contribution is 0.285. The number of rotatable bonds is 6. The topological polar surface area (TPSA) is 42.9 Å². The van der Waals surface area contributed by atoms with Crippen molar-refractivity contribution in [1.82, 2.24) is 5.32 Å². The number of hydrogen-bond donors (Lipinski definition) is 1. The van der Waals surface area contributed by atoms with Gasteiger partial charge < -0.3 is 14.8 Å². The van der Waals surface area contributed by atoms with Gasteiger partial charge >= 0.3 is 0 Å². The van der Waals surface area contributed by atoms with E-state index in [2.05, 4.69) is 22.2 Å². The first kappa shape index (κ1) is 16.9. The highest BCUT2D eigenvalue weighted by atomic mass is 16.5. The molecule has 25 heavy (non-hydrogen) atoms. The highest BCUT2D eigenvalue weighted by Gasteiger charge is 2.18. The molecule has 2 aromatic rings. The first-order valence-corrected chi connectivity index (χ1v) is 8.45. The van der Waals surface area contributed by atoms with Crippen LogP contribution in [-0.2, 0) is 0 Å². The minimum absolute atomic E-state index is 0. The molecule has 1 atom stereocenters. The van der Waals surface area contributed by atoms with Gasteiger partial charge in [0.25, 0.3) is 0 Å². The lowest BCUT2D eigenvalue weighted by Crippen LogP contribution is -2.33. The van der Waals surface area contributed by atoms with Crippen molar-refractivity contribution in [3.63, 3.8) is 0 Å². The van der Waals surface area contributed by atoms with E-state index >= 15 is 0 Å². The molecule has 0 radical (unpaired) electrons. The molecule has 130 valence electrons. The van der Waals surface area contributed by atoms with E-state index in [1.807, 2.05) is 55.5 Å². The predicted molar refractivity (Wildman–Crippen MR) is 103 cm³/mol. The number of ether oxygens (including phenoxy) is 2. The number of benzene rings is 2. The number of para-hydroxylation sites is 2. The monoisotopic (exact) mass is 336 g/mol. The Labute approximate surface area is 150 Å². The summed E-state index contributed by atoms with van der Waals surface area (Å²) in [6, 6.07) is 15.9. The third-order valence-corrected chi connectivity index (χ3v) is 3.93. The number of hydrogen-bond acceptors (Lipinski definition) is 4. The zero-order valence-corrected chi connectivity index (χ0v) is 14.6. The third kappa shape index (κ3) is 4.13. The Hall–Kier alpha value is -2.93. The summed E-state index contributed by atoms with van der Waals surface area (Å²) in [7, 11) is 0. The molecule has 0 aliphatic carbocycles. The maximum Gasteiger partial charge on any atom is 0.152 e. The van der Waals surface area contributed by atoms with E-state index in [1.54, 1.807) is 6.92 Å². The van der Waals surface area contributed by atoms with Gasteiger partial charge in [-0.25, -0.2) is 0 Å². The fraction of sp³-hybridized carbons (Fsp3) is 0.286. The van der Waals surface area contributed by atoms with Gasteiger partial charge in [-0.2, -0.15) is 0 Å². The van der Waals surface area contributed by atoms with Gasteiger partial charge in [-0.3, -0.25) is 4.99 Å². The smallest absolute Gasteiger partial charge is 0.152 e. The van der Waals surface area contributed by atoms with Crippen molar-refractivity contribution in [2.75, 3.05) is 19.7 Å². The summed E-state index contributed by atoms with van der Waals surface area (Å²) in [5.41, 5.74) is 1.98. The van der Waals surface area contributed by atoms with Crippen molar-refractivity contribution < 1.29 is 10.9 Å². The molecule has 3 rings (SSSR count). The van der Waals surface area contributed by atoms with Gasteiger partial charge in [0.1, 0.15) is 23.9 Å². The number of nitrogens with one attached hydrogen (secondary N) is 1. The summed E-state index contributed by atoms with van der Waals surface area (Å²) < 4.78 is 12.0. The number of amidine groups is 1. The molecule has 1 aliphatic heterocycles. The maximum absolute atomic E-state index is 6.19. The largest absolute Gasteiger partial charge is 0.482 e. The van der Waals surface area contributed by atoms with Crippen LogP contribution in [0.4, 0.5) is 0 Å². The Kier molecular flexibility index (Phi) is 5.58. The van der Waals surface area contributed by atoms with Gasteiger partial charge in [-0.15, -0.1) is 5.92 Å². The molecular formula is C21H24N2O2. The average Bonchev–Trinajstić information content (AvgIpc) is 3.18. The molecule has 0 spiro atoms. The summed E-state index contributed by atoms with van der Waals surface area (Å²) in [6.45, 7) is 5.86. The average molecular weight is 336 g/mol. The molecule has 0 bridgehead atoms. The molecule has 1 aliphatic rings. The second-order valence-electron chi connectivity index (χ2n) is 5.66. The molecule has 4 heteroatoms. The summed E-state index contributed by atoms with van der Waals surface area (Å²) in [5.74, 6) is 8.28. The van der Waals surface area contributed by atoms with Gasteiger partial charge in [0.05, 0.1) is 6.54 Å². The van der Waals surface area contributed by atoms with Crippen LogP contribution in [0.5, 0.6) is 11.5 Å². The van der Waals surface area contributed by atoms with Gasteiger partial charge in [-0.1, -0.05) is 42.3 Å². The fourth-order valence-corrected chi connectivity index (χ4v) is 2.73. The van der Waals surface area contributed by atoms with Crippen LogP contribution in [-0.4, -0.2) is 31.6 Å². The highest BCUT2D eigenvalue weighted by Crippen LogP contribution is 2.36. The van der Waals surface area contributed by atoms with Crippen molar-refractivity contribution in [2.24, 2.45) is 4.99 Å². The predicted octanol–water partition coefficient (Wildman–Crippen LogP) is 3.77. The molecule has 0 fully saturated rings. The maximum atomic E-state index is 6.19. The Morgan fingerprint density at radius 1 is 1.12 bits per heavy atom. The van der Waals surface area contributed by atoms with Gasteiger partial charge in [0.2, 0.25) is 0 Å². The SMILES string of the molecule is CC#CCOc1ccccc1-c1ccccc1OC(C)C1=NCCN1.[HH]. The molecule has 0 aromatic heterocycles. The molecule has 0 saturated carbocycles. The molecule has 0 saturated heterocycles. The first-order chi connectivity index (χ1) is 12.3. The normalized spacial score (nSPS) is 13.9. The van der Waals surface area contributed by atoms with Crippen LogP contribution >= 0.6 is 0 Å². The van der Waals surface area contributed by atoms with Crippen LogP contribution < -0.4 is 14.8 Å². The lowest BCUT2D eigenvalue weighted by atomic mass is 10.0. The van der Waals surface area contributed by atoms with E-state index in [-0.39, 0.29) is 7.53 Å². The molecule has 2 aromatic carbocycles. The Bertz CT molecular complexity index is 824. The summed E-state index contributed by atoms with van der Waals surface area (Å²) in [6.07, 6.45) is -0.123. The van der Waals surface area contributed by atoms with Gasteiger partial charge in [0, 0.05) is 19.1 Å². The van der Waals surface area contributed by atoms with Crippen molar-refractivity contribution in [3.8, 4) is 34.5 Å². The fourth-order valence-electron chi connectivity index (χ4n) is 2.73. The summed E-state index contributed by atoms with van der Waals surface area (Å²) in [4.78, 5) is 4.44. The summed E-state index contributed by atoms with van der Waals surface area (Å²) in [5, 5.41) is 3.27. The van der Waals surface area contributed by atoms with Crippen molar-refractivity contribution in [2.45, 2.75) is 20.0 Å². The van der Waals surface area contributed by atoms with Crippen LogP contribution in [0, 0.1) is 11.8 Å². The minimum atomic E-state index is -0.123. The van der Waals surface area contributed by atoms with Crippen LogP contribution in [0.2, 0.25) is 0 Å². The second-order valence-corrected chi connectivity index (χ2v) is 5.66. The van der Waals surface area contributed by atoms with E-state index in [0.717, 1.165) is 41.6 Å². The number of nitrogens with zero attached hydrogens (tertiary/aromatic N) is 1. The van der Waals surface area contributed by atoms with Crippen LogP contribution in [0.15, 0.2) is 53.5 Å². The molecule has 1 heterocycles. The highest BCUT2D eigenvalue weighted by molar-refractivity contribution is 5.88. The van der Waals surface area contributed by atoms with E-state index in [0.29, 0.717) is 6.61 Å². The standard InChI is InChI=1S/C21H22N2O2.H2/c1-3-4-15-24-19-11-7-5-9-17(19)18-10-6-8-12-20(18)25-16(2)21-22-13-14-23-21;/h5-12,16H,13-15H2,1-2H3,(H,22,23);1H.